The normalized spacial score (nSPS) is 10.9. The van der Waals surface area contributed by atoms with Crippen LogP contribution in [0.15, 0.2) is 54.6 Å². The number of benzene rings is 5. The van der Waals surface area contributed by atoms with Crippen LogP contribution in [-0.2, 0) is 0 Å². The Balaban J connectivity index is 1.52. The van der Waals surface area contributed by atoms with Gasteiger partial charge >= 0.3 is 0 Å². The van der Waals surface area contributed by atoms with E-state index in [9.17, 15) is 66.4 Å². The van der Waals surface area contributed by atoms with Gasteiger partial charge in [0.2, 0.25) is 28.7 Å². The van der Waals surface area contributed by atoms with Crippen molar-refractivity contribution in [1.82, 2.24) is 0 Å². The van der Waals surface area contributed by atoms with Crippen molar-refractivity contribution in [3.63, 3.8) is 0 Å². The smallest absolute Gasteiger partial charge is 0.215 e. The minimum atomic E-state index is -1.07. The molecule has 0 aliphatic rings. The van der Waals surface area contributed by atoms with Gasteiger partial charge in [0.05, 0.1) is 11.1 Å². The number of ether oxygens (including phenoxy) is 3. The maximum absolute atomic E-state index is 10.8. The van der Waals surface area contributed by atoms with Crippen molar-refractivity contribution in [2.24, 2.45) is 0 Å². The molecule has 16 heteroatoms. The Morgan fingerprint density at radius 3 is 1.37 bits per heavy atom. The summed E-state index contributed by atoms with van der Waals surface area (Å²) in [5.41, 5.74) is -1.18. The molecule has 0 atom stereocenters. The fourth-order valence-electron chi connectivity index (χ4n) is 4.31. The molecule has 0 fully saturated rings. The Bertz CT molecular complexity index is 1950. The van der Waals surface area contributed by atoms with Crippen LogP contribution in [0.25, 0.3) is 11.1 Å². The summed E-state index contributed by atoms with van der Waals surface area (Å²) in [5.74, 6) is -14.1. The van der Waals surface area contributed by atoms with E-state index in [-0.39, 0.29) is 5.75 Å². The number of hydrogen-bond donors (Lipinski definition) is 13. The summed E-state index contributed by atoms with van der Waals surface area (Å²) in [5, 5.41) is 133. The van der Waals surface area contributed by atoms with Crippen LogP contribution >= 0.6 is 0 Å². The van der Waals surface area contributed by atoms with Crippen LogP contribution in [0.4, 0.5) is 0 Å². The van der Waals surface area contributed by atoms with Crippen LogP contribution in [0.2, 0.25) is 0 Å². The Labute approximate surface area is 255 Å². The van der Waals surface area contributed by atoms with E-state index in [0.29, 0.717) is 6.07 Å². The fraction of sp³-hybridized carbons (Fsp3) is 0. The van der Waals surface area contributed by atoms with E-state index in [2.05, 4.69) is 0 Å². The van der Waals surface area contributed by atoms with Crippen LogP contribution in [-0.4, -0.2) is 66.4 Å². The summed E-state index contributed by atoms with van der Waals surface area (Å²) in [6, 6.07) is 7.63. The van der Waals surface area contributed by atoms with Gasteiger partial charge in [-0.25, -0.2) is 0 Å². The van der Waals surface area contributed by atoms with E-state index >= 15 is 0 Å². The molecule has 0 amide bonds. The molecular weight excluding hydrogens is 616 g/mol. The third-order valence-corrected chi connectivity index (χ3v) is 6.27. The van der Waals surface area contributed by atoms with Crippen LogP contribution in [0, 0.1) is 0 Å². The first-order valence-electron chi connectivity index (χ1n) is 12.6. The van der Waals surface area contributed by atoms with Crippen molar-refractivity contribution in [3.8, 4) is 120 Å². The number of hydrogen-bond acceptors (Lipinski definition) is 16. The van der Waals surface area contributed by atoms with Crippen LogP contribution in [0.3, 0.4) is 0 Å². The molecule has 238 valence electrons. The molecule has 5 aromatic rings. The predicted octanol–water partition coefficient (Wildman–Crippen LogP) is 4.90. The maximum Gasteiger partial charge on any atom is 0.215 e. The molecule has 5 aromatic carbocycles. The van der Waals surface area contributed by atoms with Gasteiger partial charge in [0, 0.05) is 54.6 Å². The Morgan fingerprint density at radius 2 is 0.783 bits per heavy atom. The predicted molar refractivity (Wildman–Crippen MR) is 153 cm³/mol. The lowest BCUT2D eigenvalue weighted by molar-refractivity contribution is 0.324. The van der Waals surface area contributed by atoms with Gasteiger partial charge in [-0.1, -0.05) is 0 Å². The molecule has 0 unspecified atom stereocenters. The van der Waals surface area contributed by atoms with Crippen molar-refractivity contribution in [1.29, 1.82) is 0 Å². The van der Waals surface area contributed by atoms with Gasteiger partial charge in [0.25, 0.3) is 0 Å². The molecule has 0 aromatic heterocycles. The van der Waals surface area contributed by atoms with Crippen molar-refractivity contribution in [2.45, 2.75) is 0 Å². The average Bonchev–Trinajstić information content (AvgIpc) is 2.94. The molecule has 0 radical (unpaired) electrons. The second kappa shape index (κ2) is 11.2. The van der Waals surface area contributed by atoms with E-state index in [4.69, 9.17) is 14.2 Å². The van der Waals surface area contributed by atoms with E-state index in [1.807, 2.05) is 0 Å². The fourth-order valence-corrected chi connectivity index (χ4v) is 4.31. The molecule has 13 N–H and O–H groups in total. The van der Waals surface area contributed by atoms with Gasteiger partial charge in [-0.3, -0.25) is 0 Å². The van der Waals surface area contributed by atoms with Crippen LogP contribution in [0.5, 0.6) is 109 Å². The second-order valence-electron chi connectivity index (χ2n) is 9.53. The first-order valence-corrected chi connectivity index (χ1v) is 12.6. The maximum atomic E-state index is 10.8. The highest BCUT2D eigenvalue weighted by Crippen LogP contribution is 2.56. The van der Waals surface area contributed by atoms with Crippen molar-refractivity contribution in [2.75, 3.05) is 0 Å². The van der Waals surface area contributed by atoms with Gasteiger partial charge in [-0.05, 0) is 0 Å². The van der Waals surface area contributed by atoms with E-state index < -0.39 is 115 Å². The number of phenolic OH excluding ortho intramolecular Hbond substituents is 13. The lowest BCUT2D eigenvalue weighted by atomic mass is 10.00. The SMILES string of the molecule is Oc1cc(O)cc(Oc2c(Oc3c(O)cc(Oc4c(O)cc(O)c(-c5c(O)cc(O)cc5O)c4O)cc3O)cc(O)c(O)c2O)c1. The summed E-state index contributed by atoms with van der Waals surface area (Å²) in [7, 11) is 0. The third-order valence-electron chi connectivity index (χ3n) is 6.27. The molecule has 5 rings (SSSR count). The Kier molecular flexibility index (Phi) is 7.39. The third kappa shape index (κ3) is 5.51. The zero-order chi connectivity index (χ0) is 33.6. The summed E-state index contributed by atoms with van der Waals surface area (Å²) in [4.78, 5) is 0. The quantitative estimate of drug-likeness (QED) is 0.105. The van der Waals surface area contributed by atoms with E-state index in [1.165, 1.54) is 0 Å². The monoisotopic (exact) mass is 638 g/mol. The highest BCUT2D eigenvalue weighted by Gasteiger charge is 2.27. The summed E-state index contributed by atoms with van der Waals surface area (Å²) in [6.07, 6.45) is 0. The molecule has 16 nitrogen and oxygen atoms in total. The largest absolute Gasteiger partial charge is 0.508 e. The molecular formula is C30H22O16. The number of aromatic hydroxyl groups is 13. The molecule has 0 aliphatic carbocycles. The highest BCUT2D eigenvalue weighted by molar-refractivity contribution is 5.88. The second-order valence-corrected chi connectivity index (χ2v) is 9.53. The summed E-state index contributed by atoms with van der Waals surface area (Å²) >= 11 is 0. The van der Waals surface area contributed by atoms with Gasteiger partial charge in [-0.15, -0.1) is 0 Å². The summed E-state index contributed by atoms with van der Waals surface area (Å²) < 4.78 is 16.3. The molecule has 0 bridgehead atoms. The van der Waals surface area contributed by atoms with Crippen molar-refractivity contribution >= 4 is 0 Å². The average molecular weight is 638 g/mol. The van der Waals surface area contributed by atoms with Gasteiger partial charge in [-0.2, -0.15) is 0 Å². The van der Waals surface area contributed by atoms with Crippen molar-refractivity contribution in [3.05, 3.63) is 54.6 Å². The minimum absolute atomic E-state index is 0.276. The Morgan fingerprint density at radius 1 is 0.304 bits per heavy atom. The van der Waals surface area contributed by atoms with Gasteiger partial charge in [0.15, 0.2) is 34.5 Å². The highest BCUT2D eigenvalue weighted by atomic mass is 16.5. The molecule has 0 spiro atoms. The number of phenols is 13. The van der Waals surface area contributed by atoms with E-state index in [0.717, 1.165) is 48.5 Å². The van der Waals surface area contributed by atoms with Gasteiger partial charge in [0.1, 0.15) is 46.0 Å². The van der Waals surface area contributed by atoms with Gasteiger partial charge < -0.3 is 80.6 Å². The summed E-state index contributed by atoms with van der Waals surface area (Å²) in [6.45, 7) is 0. The zero-order valence-electron chi connectivity index (χ0n) is 22.7. The zero-order valence-corrected chi connectivity index (χ0v) is 22.7. The topological polar surface area (TPSA) is 291 Å². The Hall–Kier alpha value is -7.10. The van der Waals surface area contributed by atoms with E-state index in [1.54, 1.807) is 0 Å². The standard InChI is InChI=1S/C30H22O16/c31-10-1-11(32)3-13(2-10)45-30-22(9-18(37)25(41)27(30)43)46-28-19(38)6-14(7-20(28)39)44-29-21(40)8-17(36)24(26(29)42)23-15(34)4-12(33)5-16(23)35/h1-9,31-43H. The van der Waals surface area contributed by atoms with Crippen LogP contribution < -0.4 is 14.2 Å². The van der Waals surface area contributed by atoms with Crippen molar-refractivity contribution < 1.29 is 80.6 Å². The molecule has 46 heavy (non-hydrogen) atoms. The first-order chi connectivity index (χ1) is 21.6. The lowest BCUT2D eigenvalue weighted by Crippen LogP contribution is -1.94. The minimum Gasteiger partial charge on any atom is -0.508 e. The molecule has 0 aliphatic heterocycles. The number of rotatable bonds is 7. The van der Waals surface area contributed by atoms with Crippen LogP contribution in [0.1, 0.15) is 0 Å². The molecule has 0 heterocycles. The lowest BCUT2D eigenvalue weighted by Gasteiger charge is -2.18. The molecule has 0 saturated heterocycles. The molecule has 0 saturated carbocycles. The first kappa shape index (κ1) is 30.4.